The summed E-state index contributed by atoms with van der Waals surface area (Å²) in [5.41, 5.74) is 0.437. The first kappa shape index (κ1) is 27.6. The first-order valence-corrected chi connectivity index (χ1v) is 13.8. The van der Waals surface area contributed by atoms with Crippen LogP contribution < -0.4 is 15.5 Å². The maximum atomic E-state index is 13.2. The molecule has 41 heavy (non-hydrogen) atoms. The number of hydrogen-bond acceptors (Lipinski definition) is 9. The first-order valence-electron chi connectivity index (χ1n) is 13.8. The summed E-state index contributed by atoms with van der Waals surface area (Å²) < 4.78 is 53.9. The molecule has 4 unspecified atom stereocenters. The summed E-state index contributed by atoms with van der Waals surface area (Å²) in [4.78, 5) is 32.6. The largest absolute Gasteiger partial charge is 0.416 e. The second-order valence-corrected chi connectivity index (χ2v) is 11.7. The molecule has 5 atom stereocenters. The van der Waals surface area contributed by atoms with Gasteiger partial charge in [-0.05, 0) is 52.7 Å². The van der Waals surface area contributed by atoms with Gasteiger partial charge in [-0.1, -0.05) is 0 Å². The zero-order valence-corrected chi connectivity index (χ0v) is 23.2. The molecule has 2 saturated heterocycles. The van der Waals surface area contributed by atoms with Gasteiger partial charge in [-0.25, -0.2) is 19.9 Å². The molecule has 0 bridgehead atoms. The summed E-state index contributed by atoms with van der Waals surface area (Å²) in [6, 6.07) is 1.74. The van der Waals surface area contributed by atoms with Crippen LogP contribution in [0.15, 0.2) is 31.0 Å². The number of ether oxygens (including phenoxy) is 2. The van der Waals surface area contributed by atoms with E-state index < -0.39 is 23.6 Å². The van der Waals surface area contributed by atoms with Crippen LogP contribution in [0.1, 0.15) is 52.1 Å². The average molecular weight is 575 g/mol. The van der Waals surface area contributed by atoms with Gasteiger partial charge >= 0.3 is 6.18 Å². The Morgan fingerprint density at radius 3 is 2.68 bits per heavy atom. The van der Waals surface area contributed by atoms with Gasteiger partial charge in [0.25, 0.3) is 0 Å². The minimum Gasteiger partial charge on any atom is -0.364 e. The molecule has 3 aromatic heterocycles. The number of aromatic nitrogens is 5. The Labute approximate surface area is 234 Å². The Morgan fingerprint density at radius 2 is 1.93 bits per heavy atom. The maximum Gasteiger partial charge on any atom is 0.416 e. The van der Waals surface area contributed by atoms with E-state index in [0.717, 1.165) is 12.1 Å². The van der Waals surface area contributed by atoms with E-state index in [0.29, 0.717) is 42.9 Å². The van der Waals surface area contributed by atoms with E-state index in [-0.39, 0.29) is 41.9 Å². The van der Waals surface area contributed by atoms with Gasteiger partial charge in [0.15, 0.2) is 17.3 Å². The molecule has 5 heterocycles. The van der Waals surface area contributed by atoms with Crippen LogP contribution in [0.3, 0.4) is 0 Å². The van der Waals surface area contributed by atoms with Crippen LogP contribution >= 0.6 is 0 Å². The van der Waals surface area contributed by atoms with Gasteiger partial charge in [0.2, 0.25) is 5.91 Å². The predicted octanol–water partition coefficient (Wildman–Crippen LogP) is 3.54. The highest BCUT2D eigenvalue weighted by Gasteiger charge is 2.57. The number of amides is 1. The lowest BCUT2D eigenvalue weighted by Gasteiger charge is -2.24. The van der Waals surface area contributed by atoms with E-state index in [9.17, 15) is 18.0 Å². The van der Waals surface area contributed by atoms with Crippen LogP contribution in [0.2, 0.25) is 0 Å². The van der Waals surface area contributed by atoms with Gasteiger partial charge in [-0.2, -0.15) is 13.2 Å². The molecule has 0 spiro atoms. The molecule has 1 aliphatic carbocycles. The number of alkyl halides is 3. The molecule has 1 saturated carbocycles. The summed E-state index contributed by atoms with van der Waals surface area (Å²) >= 11 is 0. The summed E-state index contributed by atoms with van der Waals surface area (Å²) in [6.07, 6.45) is 0.326. The standard InChI is InChI=1S/C27H33F3N8O3/c1-14(2)35-25(39)17-10-18(22-21(17)40-26(3,4)41-22)38-13-34-20-23(32-12-33-24(20)38)36-16-6-8-37(11-16)19-9-15(5-7-31-19)27(28,29)30/h5,7,9,12-14,16-18,21-22H,6,8,10-11H2,1-4H3,(H,35,39)(H,32,33,36)/t16?,17-,18?,21?,22?/m0/s1. The number of carbonyl (C=O) groups excluding carboxylic acids is 1. The molecule has 0 radical (unpaired) electrons. The number of imidazole rings is 1. The summed E-state index contributed by atoms with van der Waals surface area (Å²) in [7, 11) is 0. The summed E-state index contributed by atoms with van der Waals surface area (Å²) in [5, 5.41) is 6.41. The first-order chi connectivity index (χ1) is 19.4. The molecule has 3 fully saturated rings. The Hall–Kier alpha value is -3.52. The lowest BCUT2D eigenvalue weighted by molar-refractivity contribution is -0.163. The minimum atomic E-state index is -4.43. The maximum absolute atomic E-state index is 13.2. The molecule has 2 aliphatic heterocycles. The molecule has 6 rings (SSSR count). The number of carbonyl (C=O) groups is 1. The molecular formula is C27H33F3N8O3. The normalized spacial score (nSPS) is 27.5. The number of hydrogen-bond donors (Lipinski definition) is 2. The van der Waals surface area contributed by atoms with Crippen LogP contribution in [0, 0.1) is 5.92 Å². The van der Waals surface area contributed by atoms with Crippen LogP contribution in [-0.2, 0) is 20.4 Å². The van der Waals surface area contributed by atoms with Gasteiger partial charge in [0, 0.05) is 31.4 Å². The molecule has 220 valence electrons. The molecule has 0 aromatic carbocycles. The smallest absolute Gasteiger partial charge is 0.364 e. The highest BCUT2D eigenvalue weighted by Crippen LogP contribution is 2.47. The number of rotatable bonds is 6. The van der Waals surface area contributed by atoms with Crippen molar-refractivity contribution in [2.24, 2.45) is 5.92 Å². The summed E-state index contributed by atoms with van der Waals surface area (Å²) in [5.74, 6) is -0.466. The Morgan fingerprint density at radius 1 is 1.15 bits per heavy atom. The quantitative estimate of drug-likeness (QED) is 0.456. The van der Waals surface area contributed by atoms with Crippen molar-refractivity contribution in [3.8, 4) is 0 Å². The van der Waals surface area contributed by atoms with Crippen LogP contribution in [0.25, 0.3) is 11.2 Å². The predicted molar refractivity (Wildman–Crippen MR) is 143 cm³/mol. The zero-order valence-electron chi connectivity index (χ0n) is 23.2. The topological polar surface area (TPSA) is 119 Å². The van der Waals surface area contributed by atoms with E-state index in [1.165, 1.54) is 12.5 Å². The van der Waals surface area contributed by atoms with Crippen molar-refractivity contribution in [1.29, 1.82) is 0 Å². The fourth-order valence-electron chi connectivity index (χ4n) is 6.12. The third-order valence-corrected chi connectivity index (χ3v) is 7.84. The second kappa shape index (κ2) is 10.1. The Balaban J connectivity index is 1.21. The third kappa shape index (κ3) is 5.30. The SMILES string of the molecule is CC(C)NC(=O)[C@H]1CC(n2cnc3c(NC4CCN(c5cc(C(F)(F)F)ccn5)C4)ncnc32)C2OC(C)(C)OC21. The number of nitrogens with one attached hydrogen (secondary N) is 2. The Bertz CT molecular complexity index is 1440. The van der Waals surface area contributed by atoms with Gasteiger partial charge in [0.05, 0.1) is 23.9 Å². The summed E-state index contributed by atoms with van der Waals surface area (Å²) in [6.45, 7) is 8.54. The number of nitrogens with zero attached hydrogens (tertiary/aromatic N) is 6. The van der Waals surface area contributed by atoms with E-state index in [4.69, 9.17) is 9.47 Å². The zero-order chi connectivity index (χ0) is 29.1. The van der Waals surface area contributed by atoms with Crippen molar-refractivity contribution in [1.82, 2.24) is 29.8 Å². The molecule has 14 heteroatoms. The third-order valence-electron chi connectivity index (χ3n) is 7.84. The van der Waals surface area contributed by atoms with Crippen molar-refractivity contribution in [2.75, 3.05) is 23.3 Å². The van der Waals surface area contributed by atoms with Crippen LogP contribution in [-0.4, -0.2) is 73.6 Å². The van der Waals surface area contributed by atoms with Crippen molar-refractivity contribution in [3.05, 3.63) is 36.5 Å². The number of pyridine rings is 1. The van der Waals surface area contributed by atoms with Gasteiger partial charge < -0.3 is 29.6 Å². The highest BCUT2D eigenvalue weighted by molar-refractivity contribution is 5.83. The number of fused-ring (bicyclic) bond motifs is 2. The van der Waals surface area contributed by atoms with E-state index in [1.807, 2.05) is 37.2 Å². The molecule has 1 amide bonds. The molecule has 3 aromatic rings. The Kier molecular flexibility index (Phi) is 6.80. The van der Waals surface area contributed by atoms with E-state index in [1.54, 1.807) is 6.33 Å². The van der Waals surface area contributed by atoms with E-state index in [2.05, 4.69) is 30.6 Å². The van der Waals surface area contributed by atoms with Crippen LogP contribution in [0.4, 0.5) is 24.8 Å². The highest BCUT2D eigenvalue weighted by atomic mass is 19.4. The number of halogens is 3. The molecule has 11 nitrogen and oxygen atoms in total. The molecule has 2 N–H and O–H groups in total. The lowest BCUT2D eigenvalue weighted by atomic mass is 10.0. The monoisotopic (exact) mass is 574 g/mol. The number of anilines is 2. The molecule has 3 aliphatic rings. The van der Waals surface area contributed by atoms with Crippen LogP contribution in [0.5, 0.6) is 0 Å². The fourth-order valence-corrected chi connectivity index (χ4v) is 6.12. The van der Waals surface area contributed by atoms with Gasteiger partial charge in [-0.15, -0.1) is 0 Å². The van der Waals surface area contributed by atoms with Crippen molar-refractivity contribution in [2.45, 2.75) is 82.8 Å². The van der Waals surface area contributed by atoms with Crippen molar-refractivity contribution in [3.63, 3.8) is 0 Å². The van der Waals surface area contributed by atoms with E-state index >= 15 is 0 Å². The van der Waals surface area contributed by atoms with Crippen molar-refractivity contribution < 1.29 is 27.4 Å². The van der Waals surface area contributed by atoms with Crippen molar-refractivity contribution >= 4 is 28.7 Å². The van der Waals surface area contributed by atoms with Gasteiger partial charge in [0.1, 0.15) is 29.9 Å². The second-order valence-electron chi connectivity index (χ2n) is 11.7. The van der Waals surface area contributed by atoms with Gasteiger partial charge in [-0.3, -0.25) is 4.79 Å². The fraction of sp³-hybridized carbons (Fsp3) is 0.593. The lowest BCUT2D eigenvalue weighted by Crippen LogP contribution is -2.40. The minimum absolute atomic E-state index is 0.00153. The molecular weight excluding hydrogens is 541 g/mol. The average Bonchev–Trinajstić information content (AvgIpc) is 3.66.